The maximum absolute atomic E-state index is 11.8. The molecule has 0 amide bonds. The molecule has 7 heteroatoms. The molecular weight excluding hydrogens is 262 g/mol. The molecule has 0 saturated heterocycles. The smallest absolute Gasteiger partial charge is 0.374 e. The van der Waals surface area contributed by atoms with Gasteiger partial charge in [-0.25, -0.2) is 9.78 Å². The quantitative estimate of drug-likeness (QED) is 0.485. The number of imidazole rings is 1. The van der Waals surface area contributed by atoms with Gasteiger partial charge in [0.1, 0.15) is 0 Å². The first-order valence-corrected chi connectivity index (χ1v) is 6.01. The minimum Gasteiger partial charge on any atom is -0.460 e. The Bertz CT molecular complexity index is 646. The molecule has 0 aliphatic heterocycles. The van der Waals surface area contributed by atoms with Gasteiger partial charge in [0.25, 0.3) is 5.69 Å². The van der Waals surface area contributed by atoms with Crippen molar-refractivity contribution in [1.82, 2.24) is 9.55 Å². The van der Waals surface area contributed by atoms with Crippen LogP contribution in [0, 0.1) is 17.0 Å². The SMILES string of the molecule is CCOC(=O)c1nc(C)cn1-c1ccc([N+](=O)[O-])cc1. The molecule has 0 radical (unpaired) electrons. The highest BCUT2D eigenvalue weighted by Crippen LogP contribution is 2.18. The van der Waals surface area contributed by atoms with Crippen molar-refractivity contribution in [2.24, 2.45) is 0 Å². The Labute approximate surface area is 115 Å². The van der Waals surface area contributed by atoms with Crippen LogP contribution in [0.25, 0.3) is 5.69 Å². The highest BCUT2D eigenvalue weighted by atomic mass is 16.6. The lowest BCUT2D eigenvalue weighted by molar-refractivity contribution is -0.384. The number of hydrogen-bond acceptors (Lipinski definition) is 5. The second-order valence-electron chi connectivity index (χ2n) is 4.07. The fourth-order valence-corrected chi connectivity index (χ4v) is 1.77. The van der Waals surface area contributed by atoms with Crippen LogP contribution in [0.1, 0.15) is 23.2 Å². The number of carbonyl (C=O) groups is 1. The van der Waals surface area contributed by atoms with Crippen LogP contribution >= 0.6 is 0 Å². The van der Waals surface area contributed by atoms with E-state index >= 15 is 0 Å². The van der Waals surface area contributed by atoms with Crippen molar-refractivity contribution in [2.75, 3.05) is 6.61 Å². The van der Waals surface area contributed by atoms with E-state index in [9.17, 15) is 14.9 Å². The van der Waals surface area contributed by atoms with Gasteiger partial charge in [0, 0.05) is 24.0 Å². The minimum atomic E-state index is -0.529. The zero-order chi connectivity index (χ0) is 14.7. The van der Waals surface area contributed by atoms with Crippen LogP contribution in [0.3, 0.4) is 0 Å². The molecule has 0 bridgehead atoms. The highest BCUT2D eigenvalue weighted by molar-refractivity contribution is 5.86. The molecule has 0 aliphatic rings. The van der Waals surface area contributed by atoms with E-state index in [4.69, 9.17) is 4.74 Å². The number of hydrogen-bond donors (Lipinski definition) is 0. The molecule has 0 fully saturated rings. The summed E-state index contributed by atoms with van der Waals surface area (Å²) in [6, 6.07) is 5.86. The number of benzene rings is 1. The zero-order valence-corrected chi connectivity index (χ0v) is 11.1. The number of nitro benzene ring substituents is 1. The summed E-state index contributed by atoms with van der Waals surface area (Å²) >= 11 is 0. The first-order valence-electron chi connectivity index (χ1n) is 6.01. The number of esters is 1. The van der Waals surface area contributed by atoms with Crippen LogP contribution < -0.4 is 0 Å². The van der Waals surface area contributed by atoms with Crippen molar-refractivity contribution >= 4 is 11.7 Å². The van der Waals surface area contributed by atoms with E-state index in [0.717, 1.165) is 0 Å². The van der Waals surface area contributed by atoms with Crippen LogP contribution in [0.5, 0.6) is 0 Å². The first-order chi connectivity index (χ1) is 9.52. The third-order valence-corrected chi connectivity index (χ3v) is 2.62. The van der Waals surface area contributed by atoms with Crippen LogP contribution in [0.2, 0.25) is 0 Å². The molecule has 0 saturated carbocycles. The third-order valence-electron chi connectivity index (χ3n) is 2.62. The van der Waals surface area contributed by atoms with E-state index in [-0.39, 0.29) is 18.1 Å². The van der Waals surface area contributed by atoms with Gasteiger partial charge in [0.2, 0.25) is 5.82 Å². The molecule has 7 nitrogen and oxygen atoms in total. The Morgan fingerprint density at radius 1 is 1.40 bits per heavy atom. The van der Waals surface area contributed by atoms with Gasteiger partial charge >= 0.3 is 5.97 Å². The number of nitrogens with zero attached hydrogens (tertiary/aromatic N) is 3. The Balaban J connectivity index is 2.41. The Hall–Kier alpha value is -2.70. The second kappa shape index (κ2) is 5.52. The molecule has 2 aromatic rings. The average Bonchev–Trinajstić information content (AvgIpc) is 2.81. The molecule has 0 unspecified atom stereocenters. The monoisotopic (exact) mass is 275 g/mol. The third kappa shape index (κ3) is 2.66. The van der Waals surface area contributed by atoms with Gasteiger partial charge in [-0.1, -0.05) is 0 Å². The predicted molar refractivity (Wildman–Crippen MR) is 70.9 cm³/mol. The topological polar surface area (TPSA) is 87.3 Å². The van der Waals surface area contributed by atoms with Crippen LogP contribution in [0.4, 0.5) is 5.69 Å². The van der Waals surface area contributed by atoms with Crippen molar-refractivity contribution in [3.63, 3.8) is 0 Å². The number of nitro groups is 1. The molecule has 0 aliphatic carbocycles. The summed E-state index contributed by atoms with van der Waals surface area (Å²) in [6.07, 6.45) is 1.67. The number of rotatable bonds is 4. The fourth-order valence-electron chi connectivity index (χ4n) is 1.77. The molecule has 0 atom stereocenters. The van der Waals surface area contributed by atoms with Crippen molar-refractivity contribution in [3.05, 3.63) is 52.1 Å². The van der Waals surface area contributed by atoms with Crippen molar-refractivity contribution < 1.29 is 14.5 Å². The van der Waals surface area contributed by atoms with Crippen molar-refractivity contribution in [1.29, 1.82) is 0 Å². The maximum atomic E-state index is 11.8. The minimum absolute atomic E-state index is 0.0109. The lowest BCUT2D eigenvalue weighted by Crippen LogP contribution is -2.12. The van der Waals surface area contributed by atoms with Crippen molar-refractivity contribution in [3.8, 4) is 5.69 Å². The molecule has 1 heterocycles. The summed E-state index contributed by atoms with van der Waals surface area (Å²) in [5.74, 6) is -0.378. The lowest BCUT2D eigenvalue weighted by atomic mass is 10.3. The molecule has 20 heavy (non-hydrogen) atoms. The molecule has 1 aromatic heterocycles. The Morgan fingerprint density at radius 2 is 2.05 bits per heavy atom. The second-order valence-corrected chi connectivity index (χ2v) is 4.07. The first kappa shape index (κ1) is 13.7. The largest absolute Gasteiger partial charge is 0.460 e. The Kier molecular flexibility index (Phi) is 3.79. The van der Waals surface area contributed by atoms with Gasteiger partial charge < -0.3 is 4.74 Å². The molecule has 0 spiro atoms. The number of aryl methyl sites for hydroxylation is 1. The standard InChI is InChI=1S/C13H13N3O4/c1-3-20-13(17)12-14-9(2)8-15(12)10-4-6-11(7-5-10)16(18)19/h4-8H,3H2,1-2H3. The average molecular weight is 275 g/mol. The van der Waals surface area contributed by atoms with Crippen LogP contribution in [0.15, 0.2) is 30.5 Å². The zero-order valence-electron chi connectivity index (χ0n) is 11.1. The van der Waals surface area contributed by atoms with Crippen molar-refractivity contribution in [2.45, 2.75) is 13.8 Å². The van der Waals surface area contributed by atoms with Gasteiger partial charge in [0.15, 0.2) is 0 Å². The summed E-state index contributed by atoms with van der Waals surface area (Å²) < 4.78 is 6.49. The molecule has 104 valence electrons. The van der Waals surface area contributed by atoms with Gasteiger partial charge in [0.05, 0.1) is 17.2 Å². The number of ether oxygens (including phenoxy) is 1. The van der Waals surface area contributed by atoms with E-state index in [1.54, 1.807) is 36.7 Å². The normalized spacial score (nSPS) is 10.3. The van der Waals surface area contributed by atoms with Crippen LogP contribution in [-0.4, -0.2) is 27.1 Å². The lowest BCUT2D eigenvalue weighted by Gasteiger charge is -2.06. The maximum Gasteiger partial charge on any atom is 0.374 e. The summed E-state index contributed by atoms with van der Waals surface area (Å²) in [5.41, 5.74) is 1.26. The fraction of sp³-hybridized carbons (Fsp3) is 0.231. The molecule has 2 rings (SSSR count). The van der Waals surface area contributed by atoms with E-state index in [2.05, 4.69) is 4.98 Å². The van der Waals surface area contributed by atoms with E-state index in [1.165, 1.54) is 12.1 Å². The number of carbonyl (C=O) groups excluding carboxylic acids is 1. The van der Waals surface area contributed by atoms with Gasteiger partial charge in [-0.3, -0.25) is 14.7 Å². The summed E-state index contributed by atoms with van der Waals surface area (Å²) in [4.78, 5) is 26.1. The van der Waals surface area contributed by atoms with Gasteiger partial charge in [-0.15, -0.1) is 0 Å². The van der Waals surface area contributed by atoms with Gasteiger partial charge in [-0.2, -0.15) is 0 Å². The predicted octanol–water partition coefficient (Wildman–Crippen LogP) is 2.27. The Morgan fingerprint density at radius 3 is 2.60 bits per heavy atom. The molecular formula is C13H13N3O4. The van der Waals surface area contributed by atoms with Crippen LogP contribution in [-0.2, 0) is 4.74 Å². The molecule has 0 N–H and O–H groups in total. The van der Waals surface area contributed by atoms with E-state index < -0.39 is 10.9 Å². The van der Waals surface area contributed by atoms with E-state index in [1.807, 2.05) is 0 Å². The summed E-state index contributed by atoms with van der Waals surface area (Å²) in [5, 5.41) is 10.6. The summed E-state index contributed by atoms with van der Waals surface area (Å²) in [6.45, 7) is 3.72. The summed E-state index contributed by atoms with van der Waals surface area (Å²) in [7, 11) is 0. The molecule has 1 aromatic carbocycles. The number of non-ortho nitro benzene ring substituents is 1. The highest BCUT2D eigenvalue weighted by Gasteiger charge is 2.17. The number of aromatic nitrogens is 2. The van der Waals surface area contributed by atoms with E-state index in [0.29, 0.717) is 11.4 Å². The van der Waals surface area contributed by atoms with Gasteiger partial charge in [-0.05, 0) is 26.0 Å².